The van der Waals surface area contributed by atoms with Gasteiger partial charge in [0.2, 0.25) is 0 Å². The molecule has 0 aromatic carbocycles. The second-order valence-corrected chi connectivity index (χ2v) is 3.15. The Labute approximate surface area is 100.0 Å². The van der Waals surface area contributed by atoms with Crippen molar-refractivity contribution in [2.24, 2.45) is 17.8 Å². The monoisotopic (exact) mass is 313 g/mol. The number of aromatic nitrogens is 1. The Morgan fingerprint density at radius 3 is 2.69 bits per heavy atom. The van der Waals surface area contributed by atoms with Crippen molar-refractivity contribution in [3.8, 4) is 0 Å². The zero-order chi connectivity index (χ0) is 9.14. The van der Waals surface area contributed by atoms with E-state index in [0.717, 1.165) is 10.7 Å². The Kier molecular flexibility index (Phi) is 5.39. The molecule has 1 rings (SSSR count). The molecule has 0 saturated heterocycles. The molecule has 74 valence electrons. The maximum atomic E-state index is 5.78. The van der Waals surface area contributed by atoms with E-state index in [1.807, 2.05) is 23.9 Å². The number of amidine groups is 1. The molecule has 0 spiro atoms. The summed E-state index contributed by atoms with van der Waals surface area (Å²) < 4.78 is 1.94. The molecule has 0 unspecified atom stereocenters. The van der Waals surface area contributed by atoms with Crippen LogP contribution in [0.1, 0.15) is 12.6 Å². The lowest BCUT2D eigenvalue weighted by Crippen LogP contribution is -2.06. The van der Waals surface area contributed by atoms with Crippen LogP contribution in [0.25, 0.3) is 0 Å². The van der Waals surface area contributed by atoms with Gasteiger partial charge in [0, 0.05) is 18.9 Å². The molecule has 0 amide bonds. The highest BCUT2D eigenvalue weighted by Gasteiger charge is 1.99. The van der Waals surface area contributed by atoms with Gasteiger partial charge in [-0.15, -0.1) is 24.0 Å². The second kappa shape index (κ2) is 5.49. The number of halogens is 2. The first-order chi connectivity index (χ1) is 5.59. The summed E-state index contributed by atoms with van der Waals surface area (Å²) >= 11 is 5.78. The third-order valence-corrected chi connectivity index (χ3v) is 1.77. The Bertz CT molecular complexity index is 302. The molecule has 3 nitrogen and oxygen atoms in total. The predicted octanol–water partition coefficient (Wildman–Crippen LogP) is 2.17. The zero-order valence-corrected chi connectivity index (χ0v) is 10.7. The smallest absolute Gasteiger partial charge is 0.0910 e. The number of aryl methyl sites for hydroxylation is 1. The molecule has 0 atom stereocenters. The van der Waals surface area contributed by atoms with Crippen molar-refractivity contribution in [3.63, 3.8) is 0 Å². The van der Waals surface area contributed by atoms with E-state index < -0.39 is 0 Å². The van der Waals surface area contributed by atoms with E-state index in [2.05, 4.69) is 4.99 Å². The summed E-state index contributed by atoms with van der Waals surface area (Å²) in [5, 5.41) is 0.734. The fourth-order valence-corrected chi connectivity index (χ4v) is 1.20. The standard InChI is InChI=1S/C8H12ClN3.HI/c1-6(10)11-4-8-3-7(9)5-12(8)2;/h3,5H,4H2,1-2H3,(H2,10,11);1H. The topological polar surface area (TPSA) is 43.3 Å². The van der Waals surface area contributed by atoms with Crippen molar-refractivity contribution in [2.75, 3.05) is 0 Å². The fourth-order valence-electron chi connectivity index (χ4n) is 0.929. The maximum Gasteiger partial charge on any atom is 0.0910 e. The van der Waals surface area contributed by atoms with Gasteiger partial charge in [0.15, 0.2) is 0 Å². The first-order valence-corrected chi connectivity index (χ1v) is 4.04. The summed E-state index contributed by atoms with van der Waals surface area (Å²) in [6, 6.07) is 1.88. The molecule has 2 N–H and O–H groups in total. The van der Waals surface area contributed by atoms with Crippen molar-refractivity contribution >= 4 is 41.4 Å². The molecule has 1 heterocycles. The van der Waals surface area contributed by atoms with E-state index in [1.165, 1.54) is 0 Å². The number of aliphatic imine (C=N–C) groups is 1. The minimum absolute atomic E-state index is 0. The van der Waals surface area contributed by atoms with Gasteiger partial charge >= 0.3 is 0 Å². The highest BCUT2D eigenvalue weighted by molar-refractivity contribution is 14.0. The number of hydrogen-bond donors (Lipinski definition) is 1. The molecule has 0 fully saturated rings. The Hall–Kier alpha value is -0.230. The van der Waals surface area contributed by atoms with Crippen LogP contribution in [0.4, 0.5) is 0 Å². The highest BCUT2D eigenvalue weighted by atomic mass is 127. The van der Waals surface area contributed by atoms with Gasteiger partial charge in [0.1, 0.15) is 0 Å². The van der Waals surface area contributed by atoms with Crippen LogP contribution in [0.15, 0.2) is 17.3 Å². The van der Waals surface area contributed by atoms with Gasteiger partial charge in [0.05, 0.1) is 17.4 Å². The van der Waals surface area contributed by atoms with Gasteiger partial charge in [-0.1, -0.05) is 11.6 Å². The summed E-state index contributed by atoms with van der Waals surface area (Å²) in [6.45, 7) is 2.36. The molecule has 5 heteroatoms. The quantitative estimate of drug-likeness (QED) is 0.507. The molecule has 0 saturated carbocycles. The third kappa shape index (κ3) is 3.99. The third-order valence-electron chi connectivity index (χ3n) is 1.56. The van der Waals surface area contributed by atoms with Crippen LogP contribution in [0.3, 0.4) is 0 Å². The van der Waals surface area contributed by atoms with Crippen molar-refractivity contribution in [1.29, 1.82) is 0 Å². The lowest BCUT2D eigenvalue weighted by molar-refractivity contribution is 0.824. The molecule has 0 aliphatic rings. The molecule has 1 aromatic rings. The van der Waals surface area contributed by atoms with E-state index in [0.29, 0.717) is 12.4 Å². The zero-order valence-electron chi connectivity index (χ0n) is 7.62. The first-order valence-electron chi connectivity index (χ1n) is 3.67. The average molecular weight is 314 g/mol. The highest BCUT2D eigenvalue weighted by Crippen LogP contribution is 2.13. The minimum Gasteiger partial charge on any atom is -0.388 e. The van der Waals surface area contributed by atoms with Gasteiger partial charge < -0.3 is 10.3 Å². The van der Waals surface area contributed by atoms with Crippen molar-refractivity contribution in [3.05, 3.63) is 23.0 Å². The predicted molar refractivity (Wildman–Crippen MR) is 66.8 cm³/mol. The van der Waals surface area contributed by atoms with Gasteiger partial charge in [-0.05, 0) is 13.0 Å². The second-order valence-electron chi connectivity index (χ2n) is 2.72. The van der Waals surface area contributed by atoms with Gasteiger partial charge in [-0.3, -0.25) is 4.99 Å². The van der Waals surface area contributed by atoms with Crippen LogP contribution in [-0.2, 0) is 13.6 Å². The van der Waals surface area contributed by atoms with Crippen LogP contribution < -0.4 is 5.73 Å². The van der Waals surface area contributed by atoms with Crippen molar-refractivity contribution < 1.29 is 0 Å². The summed E-state index contributed by atoms with van der Waals surface area (Å²) in [5.41, 5.74) is 6.46. The van der Waals surface area contributed by atoms with Gasteiger partial charge in [-0.25, -0.2) is 0 Å². The molecular weight excluding hydrogens is 300 g/mol. The normalized spacial score (nSPS) is 11.2. The molecule has 1 aromatic heterocycles. The van der Waals surface area contributed by atoms with Crippen molar-refractivity contribution in [1.82, 2.24) is 4.57 Å². The number of nitrogens with zero attached hydrogens (tertiary/aromatic N) is 2. The van der Waals surface area contributed by atoms with Gasteiger partial charge in [0.25, 0.3) is 0 Å². The Morgan fingerprint density at radius 1 is 1.69 bits per heavy atom. The summed E-state index contributed by atoms with van der Waals surface area (Å²) in [6.07, 6.45) is 1.85. The lowest BCUT2D eigenvalue weighted by Gasteiger charge is -1.98. The van der Waals surface area contributed by atoms with Crippen molar-refractivity contribution in [2.45, 2.75) is 13.5 Å². The van der Waals surface area contributed by atoms with Crippen LogP contribution >= 0.6 is 35.6 Å². The minimum atomic E-state index is 0. The summed E-state index contributed by atoms with van der Waals surface area (Å²) in [4.78, 5) is 4.08. The van der Waals surface area contributed by atoms with E-state index in [-0.39, 0.29) is 24.0 Å². The maximum absolute atomic E-state index is 5.78. The molecular formula is C8H13ClIN3. The van der Waals surface area contributed by atoms with Crippen LogP contribution in [-0.4, -0.2) is 10.4 Å². The molecule has 0 aliphatic heterocycles. The molecule has 0 bridgehead atoms. The SMILES string of the molecule is CC(N)=NCc1cc(Cl)cn1C.I. The first kappa shape index (κ1) is 12.8. The van der Waals surface area contributed by atoms with E-state index in [1.54, 1.807) is 6.92 Å². The number of hydrogen-bond acceptors (Lipinski definition) is 1. The fraction of sp³-hybridized carbons (Fsp3) is 0.375. The van der Waals surface area contributed by atoms with E-state index in [9.17, 15) is 0 Å². The van der Waals surface area contributed by atoms with Gasteiger partial charge in [-0.2, -0.15) is 0 Å². The Morgan fingerprint density at radius 2 is 2.31 bits per heavy atom. The molecule has 13 heavy (non-hydrogen) atoms. The number of rotatable bonds is 2. The summed E-state index contributed by atoms with van der Waals surface area (Å²) in [5.74, 6) is 0.590. The Balaban J connectivity index is 0.00000144. The van der Waals surface area contributed by atoms with Crippen LogP contribution in [0.2, 0.25) is 5.02 Å². The van der Waals surface area contributed by atoms with E-state index in [4.69, 9.17) is 17.3 Å². The average Bonchev–Trinajstić information content (AvgIpc) is 2.26. The number of nitrogens with two attached hydrogens (primary N) is 1. The molecule has 0 aliphatic carbocycles. The van der Waals surface area contributed by atoms with Crippen LogP contribution in [0, 0.1) is 0 Å². The molecule has 0 radical (unpaired) electrons. The van der Waals surface area contributed by atoms with Crippen LogP contribution in [0.5, 0.6) is 0 Å². The largest absolute Gasteiger partial charge is 0.388 e. The summed E-state index contributed by atoms with van der Waals surface area (Å²) in [7, 11) is 1.93. The lowest BCUT2D eigenvalue weighted by atomic mass is 10.4. The van der Waals surface area contributed by atoms with E-state index >= 15 is 0 Å².